The normalized spacial score (nSPS) is 10.6. The highest BCUT2D eigenvalue weighted by molar-refractivity contribution is 5.44. The minimum Gasteiger partial charge on any atom is -0.380 e. The molecule has 0 spiro atoms. The van der Waals surface area contributed by atoms with Gasteiger partial charge < -0.3 is 10.1 Å². The second-order valence-corrected chi connectivity index (χ2v) is 4.38. The Morgan fingerprint density at radius 3 is 2.56 bits per heavy atom. The van der Waals surface area contributed by atoms with Crippen LogP contribution in [0.15, 0.2) is 30.3 Å². The van der Waals surface area contributed by atoms with Crippen LogP contribution in [-0.4, -0.2) is 16.9 Å². The smallest absolute Gasteiger partial charge is 0.0713 e. The molecular weight excluding hydrogens is 226 g/mol. The Labute approximate surface area is 108 Å². The van der Waals surface area contributed by atoms with Crippen molar-refractivity contribution in [1.82, 2.24) is 9.78 Å². The van der Waals surface area contributed by atoms with Crippen molar-refractivity contribution in [3.63, 3.8) is 0 Å². The Morgan fingerprint density at radius 1 is 1.28 bits per heavy atom. The zero-order chi connectivity index (χ0) is 13.0. The molecular formula is C14H19N3O. The van der Waals surface area contributed by atoms with Crippen LogP contribution in [0.5, 0.6) is 0 Å². The van der Waals surface area contributed by atoms with E-state index in [2.05, 4.69) is 40.7 Å². The highest BCUT2D eigenvalue weighted by atomic mass is 16.5. The van der Waals surface area contributed by atoms with Gasteiger partial charge in [-0.1, -0.05) is 12.1 Å². The number of hydrogen-bond donors (Lipinski definition) is 1. The Kier molecular flexibility index (Phi) is 3.99. The van der Waals surface area contributed by atoms with E-state index >= 15 is 0 Å². The number of hydrogen-bond acceptors (Lipinski definition) is 3. The van der Waals surface area contributed by atoms with Gasteiger partial charge >= 0.3 is 0 Å². The summed E-state index contributed by atoms with van der Waals surface area (Å²) in [5.74, 6) is 0. The zero-order valence-electron chi connectivity index (χ0n) is 11.1. The van der Waals surface area contributed by atoms with Crippen molar-refractivity contribution < 1.29 is 4.74 Å². The quantitative estimate of drug-likeness (QED) is 0.879. The molecule has 0 aliphatic heterocycles. The van der Waals surface area contributed by atoms with Gasteiger partial charge in [0.05, 0.1) is 24.5 Å². The van der Waals surface area contributed by atoms with E-state index in [4.69, 9.17) is 4.74 Å². The summed E-state index contributed by atoms with van der Waals surface area (Å²) in [6, 6.07) is 10.4. The molecule has 2 rings (SSSR count). The molecule has 0 radical (unpaired) electrons. The van der Waals surface area contributed by atoms with Crippen LogP contribution < -0.4 is 5.32 Å². The molecule has 4 heteroatoms. The number of benzene rings is 1. The standard InChI is InChI=1S/C14H19N3O/c1-11-8-14(17(2)16-11)9-15-13-6-4-12(5-7-13)10-18-3/h4-8,15H,9-10H2,1-3H3. The molecule has 0 bridgehead atoms. The van der Waals surface area contributed by atoms with Crippen LogP contribution in [0.4, 0.5) is 5.69 Å². The predicted octanol–water partition coefficient (Wildman–Crippen LogP) is 2.49. The van der Waals surface area contributed by atoms with E-state index in [-0.39, 0.29) is 0 Å². The van der Waals surface area contributed by atoms with E-state index in [0.717, 1.165) is 17.9 Å². The van der Waals surface area contributed by atoms with Crippen molar-refractivity contribution in [2.24, 2.45) is 7.05 Å². The fourth-order valence-corrected chi connectivity index (χ4v) is 1.91. The Hall–Kier alpha value is -1.81. The van der Waals surface area contributed by atoms with Crippen LogP contribution in [0.1, 0.15) is 17.0 Å². The highest BCUT2D eigenvalue weighted by Crippen LogP contribution is 2.12. The number of nitrogens with zero attached hydrogens (tertiary/aromatic N) is 2. The minimum absolute atomic E-state index is 0.654. The van der Waals surface area contributed by atoms with E-state index in [0.29, 0.717) is 6.61 Å². The topological polar surface area (TPSA) is 39.1 Å². The third-order valence-corrected chi connectivity index (χ3v) is 2.84. The van der Waals surface area contributed by atoms with Crippen molar-refractivity contribution in [2.45, 2.75) is 20.1 Å². The summed E-state index contributed by atoms with van der Waals surface area (Å²) in [4.78, 5) is 0. The Balaban J connectivity index is 1.95. The SMILES string of the molecule is COCc1ccc(NCc2cc(C)nn2C)cc1. The molecule has 4 nitrogen and oxygen atoms in total. The van der Waals surface area contributed by atoms with Crippen molar-refractivity contribution >= 4 is 5.69 Å². The molecule has 1 N–H and O–H groups in total. The predicted molar refractivity (Wildman–Crippen MR) is 72.4 cm³/mol. The van der Waals surface area contributed by atoms with Crippen LogP contribution in [-0.2, 0) is 24.9 Å². The maximum atomic E-state index is 5.08. The monoisotopic (exact) mass is 245 g/mol. The largest absolute Gasteiger partial charge is 0.380 e. The molecule has 2 aromatic rings. The van der Waals surface area contributed by atoms with Crippen molar-refractivity contribution in [3.05, 3.63) is 47.3 Å². The van der Waals surface area contributed by atoms with Gasteiger partial charge in [-0.05, 0) is 30.7 Å². The lowest BCUT2D eigenvalue weighted by Gasteiger charge is -2.07. The van der Waals surface area contributed by atoms with Crippen LogP contribution in [0.2, 0.25) is 0 Å². The van der Waals surface area contributed by atoms with Gasteiger partial charge in [0.25, 0.3) is 0 Å². The van der Waals surface area contributed by atoms with Gasteiger partial charge in [-0.3, -0.25) is 4.68 Å². The summed E-state index contributed by atoms with van der Waals surface area (Å²) in [6.45, 7) is 3.44. The third kappa shape index (κ3) is 3.11. The van der Waals surface area contributed by atoms with Crippen molar-refractivity contribution in [1.29, 1.82) is 0 Å². The number of nitrogens with one attached hydrogen (secondary N) is 1. The van der Waals surface area contributed by atoms with Crippen LogP contribution in [0.25, 0.3) is 0 Å². The number of aromatic nitrogens is 2. The number of methoxy groups -OCH3 is 1. The molecule has 0 unspecified atom stereocenters. The number of rotatable bonds is 5. The summed E-state index contributed by atoms with van der Waals surface area (Å²) in [7, 11) is 3.67. The molecule has 1 heterocycles. The number of anilines is 1. The van der Waals surface area contributed by atoms with E-state index in [1.54, 1.807) is 7.11 Å². The first-order chi connectivity index (χ1) is 8.69. The second kappa shape index (κ2) is 5.69. The maximum Gasteiger partial charge on any atom is 0.0713 e. The average molecular weight is 245 g/mol. The molecule has 18 heavy (non-hydrogen) atoms. The molecule has 0 saturated heterocycles. The Bertz CT molecular complexity index is 502. The first-order valence-electron chi connectivity index (χ1n) is 6.00. The van der Waals surface area contributed by atoms with Gasteiger partial charge in [0.1, 0.15) is 0 Å². The first-order valence-corrected chi connectivity index (χ1v) is 6.00. The summed E-state index contributed by atoms with van der Waals surface area (Å²) >= 11 is 0. The molecule has 96 valence electrons. The number of aryl methyl sites for hydroxylation is 2. The minimum atomic E-state index is 0.654. The number of ether oxygens (including phenoxy) is 1. The van der Waals surface area contributed by atoms with Crippen LogP contribution >= 0.6 is 0 Å². The lowest BCUT2D eigenvalue weighted by molar-refractivity contribution is 0.185. The average Bonchev–Trinajstić information content (AvgIpc) is 2.67. The fourth-order valence-electron chi connectivity index (χ4n) is 1.91. The molecule has 0 aliphatic rings. The molecule has 0 amide bonds. The first kappa shape index (κ1) is 12.6. The van der Waals surface area contributed by atoms with E-state index in [1.807, 2.05) is 18.7 Å². The van der Waals surface area contributed by atoms with Gasteiger partial charge in [-0.2, -0.15) is 5.10 Å². The van der Waals surface area contributed by atoms with Gasteiger partial charge in [-0.25, -0.2) is 0 Å². The van der Waals surface area contributed by atoms with E-state index in [1.165, 1.54) is 11.3 Å². The second-order valence-electron chi connectivity index (χ2n) is 4.38. The lowest BCUT2D eigenvalue weighted by Crippen LogP contribution is -2.05. The molecule has 1 aromatic carbocycles. The molecule has 0 atom stereocenters. The van der Waals surface area contributed by atoms with Gasteiger partial charge in [-0.15, -0.1) is 0 Å². The van der Waals surface area contributed by atoms with Gasteiger partial charge in [0.2, 0.25) is 0 Å². The van der Waals surface area contributed by atoms with E-state index < -0.39 is 0 Å². The molecule has 0 fully saturated rings. The van der Waals surface area contributed by atoms with Gasteiger partial charge in [0, 0.05) is 19.8 Å². The van der Waals surface area contributed by atoms with Crippen LogP contribution in [0.3, 0.4) is 0 Å². The summed E-state index contributed by atoms with van der Waals surface area (Å²) in [5, 5.41) is 7.70. The molecule has 0 aliphatic carbocycles. The Morgan fingerprint density at radius 2 is 2.00 bits per heavy atom. The van der Waals surface area contributed by atoms with Crippen molar-refractivity contribution in [2.75, 3.05) is 12.4 Å². The highest BCUT2D eigenvalue weighted by Gasteiger charge is 2.01. The summed E-state index contributed by atoms with van der Waals surface area (Å²) in [5.41, 5.74) is 4.51. The fraction of sp³-hybridized carbons (Fsp3) is 0.357. The molecule has 0 saturated carbocycles. The van der Waals surface area contributed by atoms with Gasteiger partial charge in [0.15, 0.2) is 0 Å². The summed E-state index contributed by atoms with van der Waals surface area (Å²) < 4.78 is 6.99. The summed E-state index contributed by atoms with van der Waals surface area (Å²) in [6.07, 6.45) is 0. The van der Waals surface area contributed by atoms with Crippen molar-refractivity contribution in [3.8, 4) is 0 Å². The van der Waals surface area contributed by atoms with E-state index in [9.17, 15) is 0 Å². The molecule has 1 aromatic heterocycles. The zero-order valence-corrected chi connectivity index (χ0v) is 11.1. The lowest BCUT2D eigenvalue weighted by atomic mass is 10.2. The van der Waals surface area contributed by atoms with Crippen LogP contribution in [0, 0.1) is 6.92 Å². The third-order valence-electron chi connectivity index (χ3n) is 2.84. The maximum absolute atomic E-state index is 5.08.